The van der Waals surface area contributed by atoms with Crippen LogP contribution < -0.4 is 0 Å². The quantitative estimate of drug-likeness (QED) is 0.461. The predicted molar refractivity (Wildman–Crippen MR) is 118 cm³/mol. The minimum atomic E-state index is 0.0742. The van der Waals surface area contributed by atoms with Crippen molar-refractivity contribution in [2.75, 3.05) is 13.1 Å². The molecule has 1 fully saturated rings. The maximum Gasteiger partial charge on any atom is 0.253 e. The van der Waals surface area contributed by atoms with E-state index in [1.54, 1.807) is 0 Å². The Kier molecular flexibility index (Phi) is 5.06. The number of aromatic nitrogens is 1. The first-order valence-corrected chi connectivity index (χ1v) is 10.5. The number of benzene rings is 3. The van der Waals surface area contributed by atoms with Crippen molar-refractivity contribution in [1.82, 2.24) is 9.88 Å². The second-order valence-electron chi connectivity index (χ2n) is 7.95. The van der Waals surface area contributed by atoms with E-state index >= 15 is 0 Å². The topological polar surface area (TPSA) is 46.3 Å². The molecule has 1 amide bonds. The van der Waals surface area contributed by atoms with Gasteiger partial charge >= 0.3 is 0 Å². The summed E-state index contributed by atoms with van der Waals surface area (Å²) < 4.78 is 5.89. The van der Waals surface area contributed by atoms with Crippen molar-refractivity contribution in [3.05, 3.63) is 101 Å². The molecule has 1 aliphatic heterocycles. The Morgan fingerprint density at radius 2 is 1.77 bits per heavy atom. The SMILES string of the molecule is O=C(c1ccc2oc(Cc3ccccc3)nc2c1)N1CCCC(c2ccccc2)C1. The standard InChI is InChI=1S/C26H24N2O2/c29-26(28-15-7-12-22(18-28)20-10-5-2-6-11-20)21-13-14-24-23(17-21)27-25(30-24)16-19-8-3-1-4-9-19/h1-6,8-11,13-14,17,22H,7,12,15-16,18H2. The molecule has 1 saturated heterocycles. The van der Waals surface area contributed by atoms with Crippen LogP contribution in [0.3, 0.4) is 0 Å². The van der Waals surface area contributed by atoms with Gasteiger partial charge in [-0.2, -0.15) is 0 Å². The van der Waals surface area contributed by atoms with Crippen molar-refractivity contribution >= 4 is 17.0 Å². The zero-order valence-electron chi connectivity index (χ0n) is 16.8. The van der Waals surface area contributed by atoms with Crippen LogP contribution in [0.5, 0.6) is 0 Å². The molecule has 1 atom stereocenters. The number of hydrogen-bond donors (Lipinski definition) is 0. The van der Waals surface area contributed by atoms with Crippen LogP contribution in [-0.2, 0) is 6.42 Å². The van der Waals surface area contributed by atoms with E-state index < -0.39 is 0 Å². The first-order valence-electron chi connectivity index (χ1n) is 10.5. The highest BCUT2D eigenvalue weighted by Gasteiger charge is 2.25. The van der Waals surface area contributed by atoms with E-state index in [-0.39, 0.29) is 5.91 Å². The summed E-state index contributed by atoms with van der Waals surface area (Å²) in [6.45, 7) is 1.57. The first kappa shape index (κ1) is 18.6. The summed E-state index contributed by atoms with van der Waals surface area (Å²) in [6.07, 6.45) is 2.79. The zero-order chi connectivity index (χ0) is 20.3. The Morgan fingerprint density at radius 3 is 2.57 bits per heavy atom. The van der Waals surface area contributed by atoms with Crippen LogP contribution in [0, 0.1) is 0 Å². The Labute approximate surface area is 176 Å². The highest BCUT2D eigenvalue weighted by Crippen LogP contribution is 2.28. The van der Waals surface area contributed by atoms with E-state index in [0.717, 1.165) is 42.6 Å². The molecule has 3 aromatic carbocycles. The van der Waals surface area contributed by atoms with Gasteiger partial charge < -0.3 is 9.32 Å². The molecular weight excluding hydrogens is 372 g/mol. The molecule has 1 aliphatic rings. The van der Waals surface area contributed by atoms with E-state index in [9.17, 15) is 4.79 Å². The normalized spacial score (nSPS) is 16.7. The van der Waals surface area contributed by atoms with Crippen LogP contribution in [0.25, 0.3) is 11.1 Å². The van der Waals surface area contributed by atoms with Crippen LogP contribution in [0.4, 0.5) is 0 Å². The van der Waals surface area contributed by atoms with Crippen molar-refractivity contribution in [3.8, 4) is 0 Å². The van der Waals surface area contributed by atoms with E-state index in [0.29, 0.717) is 23.8 Å². The Balaban J connectivity index is 1.34. The number of carbonyl (C=O) groups is 1. The van der Waals surface area contributed by atoms with Crippen LogP contribution in [0.1, 0.15) is 46.1 Å². The van der Waals surface area contributed by atoms with Crippen molar-refractivity contribution in [3.63, 3.8) is 0 Å². The van der Waals surface area contributed by atoms with Crippen LogP contribution in [-0.4, -0.2) is 28.9 Å². The van der Waals surface area contributed by atoms with E-state index in [2.05, 4.69) is 41.4 Å². The molecule has 4 nitrogen and oxygen atoms in total. The fourth-order valence-corrected chi connectivity index (χ4v) is 4.30. The molecule has 1 unspecified atom stereocenters. The average molecular weight is 396 g/mol. The lowest BCUT2D eigenvalue weighted by atomic mass is 9.90. The van der Waals surface area contributed by atoms with Gasteiger partial charge in [-0.3, -0.25) is 4.79 Å². The van der Waals surface area contributed by atoms with Gasteiger partial charge in [-0.25, -0.2) is 4.98 Å². The summed E-state index contributed by atoms with van der Waals surface area (Å²) >= 11 is 0. The summed E-state index contributed by atoms with van der Waals surface area (Å²) in [7, 11) is 0. The highest BCUT2D eigenvalue weighted by atomic mass is 16.3. The van der Waals surface area contributed by atoms with Crippen LogP contribution >= 0.6 is 0 Å². The number of fused-ring (bicyclic) bond motifs is 1. The molecule has 4 heteroatoms. The van der Waals surface area contributed by atoms with Crippen LogP contribution in [0.2, 0.25) is 0 Å². The van der Waals surface area contributed by atoms with Crippen molar-refractivity contribution in [1.29, 1.82) is 0 Å². The maximum atomic E-state index is 13.2. The van der Waals surface area contributed by atoms with Gasteiger partial charge in [-0.05, 0) is 42.2 Å². The zero-order valence-corrected chi connectivity index (χ0v) is 16.8. The summed E-state index contributed by atoms with van der Waals surface area (Å²) in [4.78, 5) is 19.8. The van der Waals surface area contributed by atoms with Gasteiger partial charge in [-0.1, -0.05) is 60.7 Å². The van der Waals surface area contributed by atoms with Gasteiger partial charge in [0.15, 0.2) is 11.5 Å². The highest BCUT2D eigenvalue weighted by molar-refractivity contribution is 5.97. The second kappa shape index (κ2) is 8.15. The summed E-state index contributed by atoms with van der Waals surface area (Å²) in [5, 5.41) is 0. The lowest BCUT2D eigenvalue weighted by Gasteiger charge is -2.33. The first-order chi connectivity index (χ1) is 14.8. The molecule has 0 aliphatic carbocycles. The Bertz CT molecular complexity index is 1150. The molecule has 1 aromatic heterocycles. The number of rotatable bonds is 4. The maximum absolute atomic E-state index is 13.2. The van der Waals surface area contributed by atoms with Crippen molar-refractivity contribution in [2.24, 2.45) is 0 Å². The number of likely N-dealkylation sites (tertiary alicyclic amines) is 1. The molecule has 0 saturated carbocycles. The lowest BCUT2D eigenvalue weighted by Crippen LogP contribution is -2.39. The van der Waals surface area contributed by atoms with Gasteiger partial charge in [0.2, 0.25) is 0 Å². The van der Waals surface area contributed by atoms with Gasteiger partial charge in [-0.15, -0.1) is 0 Å². The van der Waals surface area contributed by atoms with E-state index in [1.165, 1.54) is 5.56 Å². The molecule has 0 spiro atoms. The number of oxazole rings is 1. The van der Waals surface area contributed by atoms with Gasteiger partial charge in [0, 0.05) is 31.0 Å². The summed E-state index contributed by atoms with van der Waals surface area (Å²) in [5.41, 5.74) is 4.60. The number of amides is 1. The fraction of sp³-hybridized carbons (Fsp3) is 0.231. The monoisotopic (exact) mass is 396 g/mol. The molecule has 5 rings (SSSR count). The summed E-state index contributed by atoms with van der Waals surface area (Å²) in [6, 6.07) is 26.2. The van der Waals surface area contributed by atoms with Crippen molar-refractivity contribution in [2.45, 2.75) is 25.2 Å². The third kappa shape index (κ3) is 3.86. The predicted octanol–water partition coefficient (Wildman–Crippen LogP) is 5.44. The number of hydrogen-bond acceptors (Lipinski definition) is 3. The molecule has 0 N–H and O–H groups in total. The minimum Gasteiger partial charge on any atom is -0.440 e. The largest absolute Gasteiger partial charge is 0.440 e. The third-order valence-corrected chi connectivity index (χ3v) is 5.86. The molecule has 0 radical (unpaired) electrons. The molecule has 0 bridgehead atoms. The van der Waals surface area contributed by atoms with Crippen molar-refractivity contribution < 1.29 is 9.21 Å². The average Bonchev–Trinajstić information content (AvgIpc) is 3.21. The smallest absolute Gasteiger partial charge is 0.253 e. The Hall–Kier alpha value is -3.40. The molecule has 2 heterocycles. The Morgan fingerprint density at radius 1 is 1.00 bits per heavy atom. The lowest BCUT2D eigenvalue weighted by molar-refractivity contribution is 0.0707. The second-order valence-corrected chi connectivity index (χ2v) is 7.95. The number of carbonyl (C=O) groups excluding carboxylic acids is 1. The van der Waals surface area contributed by atoms with Gasteiger partial charge in [0.25, 0.3) is 5.91 Å². The van der Waals surface area contributed by atoms with Crippen LogP contribution in [0.15, 0.2) is 83.3 Å². The number of nitrogens with zero attached hydrogens (tertiary/aromatic N) is 2. The summed E-state index contributed by atoms with van der Waals surface area (Å²) in [5.74, 6) is 1.14. The number of piperidine rings is 1. The molecule has 150 valence electrons. The van der Waals surface area contributed by atoms with E-state index in [4.69, 9.17) is 4.42 Å². The molecule has 30 heavy (non-hydrogen) atoms. The molecule has 4 aromatic rings. The van der Waals surface area contributed by atoms with E-state index in [1.807, 2.05) is 47.4 Å². The fourth-order valence-electron chi connectivity index (χ4n) is 4.30. The minimum absolute atomic E-state index is 0.0742. The third-order valence-electron chi connectivity index (χ3n) is 5.86. The van der Waals surface area contributed by atoms with Gasteiger partial charge in [0.1, 0.15) is 5.52 Å². The molecular formula is C26H24N2O2. The van der Waals surface area contributed by atoms with Gasteiger partial charge in [0.05, 0.1) is 0 Å².